The van der Waals surface area contributed by atoms with Crippen molar-refractivity contribution in [2.75, 3.05) is 32.1 Å². The van der Waals surface area contributed by atoms with E-state index in [0.29, 0.717) is 11.3 Å². The Hall–Kier alpha value is -3.06. The maximum Gasteiger partial charge on any atom is 0.321 e. The molecule has 0 aromatic heterocycles. The quantitative estimate of drug-likeness (QED) is 0.595. The Balaban J connectivity index is 1.96. The predicted octanol–water partition coefficient (Wildman–Crippen LogP) is 3.63. The zero-order valence-corrected chi connectivity index (χ0v) is 22.2. The molecule has 2 amide bonds. The molecule has 3 atom stereocenters. The van der Waals surface area contributed by atoms with Gasteiger partial charge in [-0.2, -0.15) is 4.31 Å². The fraction of sp³-hybridized carbons (Fsp3) is 0.444. The number of para-hydroxylation sites is 1. The predicted molar refractivity (Wildman–Crippen MR) is 140 cm³/mol. The lowest BCUT2D eigenvalue weighted by atomic mass is 10.0. The molecule has 8 nitrogen and oxygen atoms in total. The van der Waals surface area contributed by atoms with Crippen LogP contribution in [-0.4, -0.2) is 67.7 Å². The van der Waals surface area contributed by atoms with E-state index in [1.165, 1.54) is 15.3 Å². The molecule has 0 aliphatic carbocycles. The summed E-state index contributed by atoms with van der Waals surface area (Å²) in [6.07, 6.45) is -0.507. The van der Waals surface area contributed by atoms with Crippen LogP contribution in [-0.2, 0) is 10.0 Å². The van der Waals surface area contributed by atoms with Gasteiger partial charge in [-0.3, -0.25) is 0 Å². The number of nitrogens with zero attached hydrogens (tertiary/aromatic N) is 2. The third-order valence-corrected chi connectivity index (χ3v) is 8.02. The topological polar surface area (TPSA) is 99.2 Å². The van der Waals surface area contributed by atoms with Crippen molar-refractivity contribution in [2.24, 2.45) is 11.8 Å². The minimum Gasteiger partial charge on any atom is -0.487 e. The number of rotatable bonds is 5. The number of aliphatic hydroxyl groups is 1. The summed E-state index contributed by atoms with van der Waals surface area (Å²) in [7, 11) is -2.27. The number of likely N-dealkylation sites (N-methyl/N-ethyl adjacent to an activating group) is 1. The number of urea groups is 1. The molecule has 2 aromatic rings. The van der Waals surface area contributed by atoms with E-state index in [1.807, 2.05) is 39.0 Å². The van der Waals surface area contributed by atoms with Crippen molar-refractivity contribution in [1.29, 1.82) is 0 Å². The van der Waals surface area contributed by atoms with Gasteiger partial charge >= 0.3 is 6.03 Å². The number of carbonyl (C=O) groups is 1. The number of hydrogen-bond donors (Lipinski definition) is 2. The van der Waals surface area contributed by atoms with Crippen molar-refractivity contribution < 1.29 is 23.1 Å². The van der Waals surface area contributed by atoms with Crippen molar-refractivity contribution in [2.45, 2.75) is 44.7 Å². The molecule has 0 fully saturated rings. The zero-order valence-electron chi connectivity index (χ0n) is 21.4. The number of carbonyl (C=O) groups excluding carboxylic acids is 1. The standard InChI is InChI=1S/C27H35N3O5S/c1-19(2)11-12-22-13-14-26-24(15-22)35-25(20(3)16-30(21(4)18-31)36(26,33)34)17-29(5)27(32)28-23-9-7-6-8-10-23/h6-10,13-15,19-21,25,31H,16-18H2,1-5H3,(H,28,32)/t20-,21-,25+/m1/s1. The lowest BCUT2D eigenvalue weighted by Gasteiger charge is -2.37. The van der Waals surface area contributed by atoms with Gasteiger partial charge in [0.2, 0.25) is 10.0 Å². The summed E-state index contributed by atoms with van der Waals surface area (Å²) in [5.41, 5.74) is 1.32. The van der Waals surface area contributed by atoms with Crippen LogP contribution in [0.1, 0.15) is 33.3 Å². The largest absolute Gasteiger partial charge is 0.487 e. The van der Waals surface area contributed by atoms with Gasteiger partial charge in [-0.1, -0.05) is 50.8 Å². The SMILES string of the molecule is CC(C)C#Cc1ccc2c(c1)O[C@@H](CN(C)C(=O)Nc1ccccc1)[C@H](C)CN([C@H](C)CO)S2(=O)=O. The molecule has 2 N–H and O–H groups in total. The molecule has 1 aliphatic rings. The van der Waals surface area contributed by atoms with E-state index in [0.717, 1.165) is 0 Å². The highest BCUT2D eigenvalue weighted by Gasteiger charge is 2.38. The highest BCUT2D eigenvalue weighted by molar-refractivity contribution is 7.89. The molecule has 3 rings (SSSR count). The Morgan fingerprint density at radius 2 is 1.92 bits per heavy atom. The van der Waals surface area contributed by atoms with Crippen LogP contribution in [0.2, 0.25) is 0 Å². The average molecular weight is 514 g/mol. The summed E-state index contributed by atoms with van der Waals surface area (Å²) in [6.45, 7) is 7.55. The molecule has 0 saturated carbocycles. The maximum absolute atomic E-state index is 13.6. The van der Waals surface area contributed by atoms with Crippen LogP contribution in [0.5, 0.6) is 5.75 Å². The fourth-order valence-corrected chi connectivity index (χ4v) is 5.67. The van der Waals surface area contributed by atoms with Gasteiger partial charge in [0.05, 0.1) is 13.2 Å². The Morgan fingerprint density at radius 3 is 2.56 bits per heavy atom. The van der Waals surface area contributed by atoms with Gasteiger partial charge in [-0.05, 0) is 37.3 Å². The van der Waals surface area contributed by atoms with Gasteiger partial charge in [-0.25, -0.2) is 13.2 Å². The zero-order chi connectivity index (χ0) is 26.5. The third-order valence-electron chi connectivity index (χ3n) is 6.00. The molecule has 194 valence electrons. The number of aliphatic hydroxyl groups excluding tert-OH is 1. The first-order valence-corrected chi connectivity index (χ1v) is 13.5. The Bertz CT molecular complexity index is 1220. The minimum absolute atomic E-state index is 0.0196. The molecular formula is C27H35N3O5S. The number of hydrogen-bond acceptors (Lipinski definition) is 5. The molecule has 0 bridgehead atoms. The Morgan fingerprint density at radius 1 is 1.22 bits per heavy atom. The van der Waals surface area contributed by atoms with E-state index < -0.39 is 22.2 Å². The van der Waals surface area contributed by atoms with Crippen molar-refractivity contribution in [3.05, 3.63) is 54.1 Å². The summed E-state index contributed by atoms with van der Waals surface area (Å²) in [6, 6.07) is 13.0. The maximum atomic E-state index is 13.6. The van der Waals surface area contributed by atoms with E-state index in [9.17, 15) is 18.3 Å². The molecule has 0 unspecified atom stereocenters. The van der Waals surface area contributed by atoms with Crippen LogP contribution in [0.15, 0.2) is 53.4 Å². The number of anilines is 1. The summed E-state index contributed by atoms with van der Waals surface area (Å²) in [5, 5.41) is 12.6. The number of amides is 2. The van der Waals surface area contributed by atoms with Gasteiger partial charge in [0, 0.05) is 42.7 Å². The summed E-state index contributed by atoms with van der Waals surface area (Å²) >= 11 is 0. The lowest BCUT2D eigenvalue weighted by Crippen LogP contribution is -2.50. The summed E-state index contributed by atoms with van der Waals surface area (Å²) in [5.74, 6) is 6.21. The molecule has 0 spiro atoms. The van der Waals surface area contributed by atoms with Crippen LogP contribution >= 0.6 is 0 Å². The molecule has 1 heterocycles. The van der Waals surface area contributed by atoms with Gasteiger partial charge in [-0.15, -0.1) is 0 Å². The van der Waals surface area contributed by atoms with Gasteiger partial charge < -0.3 is 20.1 Å². The lowest BCUT2D eigenvalue weighted by molar-refractivity contribution is 0.0830. The Labute approximate surface area is 214 Å². The molecule has 9 heteroatoms. The van der Waals surface area contributed by atoms with E-state index in [1.54, 1.807) is 38.2 Å². The van der Waals surface area contributed by atoms with Gasteiger partial charge in [0.25, 0.3) is 0 Å². The summed E-state index contributed by atoms with van der Waals surface area (Å²) in [4.78, 5) is 14.4. The van der Waals surface area contributed by atoms with Crippen LogP contribution in [0.25, 0.3) is 0 Å². The first kappa shape index (κ1) is 27.5. The van der Waals surface area contributed by atoms with Crippen molar-refractivity contribution in [3.63, 3.8) is 0 Å². The highest BCUT2D eigenvalue weighted by Crippen LogP contribution is 2.34. The first-order chi connectivity index (χ1) is 17.0. The van der Waals surface area contributed by atoms with E-state index in [4.69, 9.17) is 4.74 Å². The molecule has 2 aromatic carbocycles. The molecule has 36 heavy (non-hydrogen) atoms. The monoisotopic (exact) mass is 513 g/mol. The summed E-state index contributed by atoms with van der Waals surface area (Å²) < 4.78 is 34.8. The first-order valence-electron chi connectivity index (χ1n) is 12.0. The number of fused-ring (bicyclic) bond motifs is 1. The normalized spacial score (nSPS) is 20.1. The van der Waals surface area contributed by atoms with Crippen molar-refractivity contribution in [3.8, 4) is 17.6 Å². The van der Waals surface area contributed by atoms with E-state index in [2.05, 4.69) is 17.2 Å². The molecular weight excluding hydrogens is 478 g/mol. The molecule has 1 aliphatic heterocycles. The molecule has 0 radical (unpaired) electrons. The second kappa shape index (κ2) is 11.8. The van der Waals surface area contributed by atoms with E-state index >= 15 is 0 Å². The Kier molecular flexibility index (Phi) is 9.01. The second-order valence-corrected chi connectivity index (χ2v) is 11.4. The number of ether oxygens (including phenoxy) is 1. The average Bonchev–Trinajstić information content (AvgIpc) is 2.84. The van der Waals surface area contributed by atoms with Crippen LogP contribution in [0, 0.1) is 23.7 Å². The molecule has 0 saturated heterocycles. The fourth-order valence-electron chi connectivity index (χ4n) is 3.84. The number of benzene rings is 2. The number of nitrogens with one attached hydrogen (secondary N) is 1. The van der Waals surface area contributed by atoms with Crippen LogP contribution < -0.4 is 10.1 Å². The highest BCUT2D eigenvalue weighted by atomic mass is 32.2. The van der Waals surface area contributed by atoms with Crippen LogP contribution in [0.4, 0.5) is 10.5 Å². The van der Waals surface area contributed by atoms with Crippen molar-refractivity contribution in [1.82, 2.24) is 9.21 Å². The third kappa shape index (κ3) is 6.58. The second-order valence-electron chi connectivity index (χ2n) is 9.50. The van der Waals surface area contributed by atoms with Gasteiger partial charge in [0.1, 0.15) is 16.7 Å². The van der Waals surface area contributed by atoms with E-state index in [-0.39, 0.29) is 48.2 Å². The minimum atomic E-state index is -3.94. The smallest absolute Gasteiger partial charge is 0.321 e. The van der Waals surface area contributed by atoms with Crippen molar-refractivity contribution >= 4 is 21.7 Å². The number of sulfonamides is 1. The van der Waals surface area contributed by atoms with Gasteiger partial charge in [0.15, 0.2) is 0 Å². The van der Waals surface area contributed by atoms with Crippen LogP contribution in [0.3, 0.4) is 0 Å².